The molecule has 1 amide bonds. The van der Waals surface area contributed by atoms with Crippen molar-refractivity contribution in [1.82, 2.24) is 15.5 Å². The minimum atomic E-state index is 0.00775. The maximum Gasteiger partial charge on any atom is 0.247 e. The Balaban J connectivity index is 1.39. The van der Waals surface area contributed by atoms with Gasteiger partial charge >= 0.3 is 0 Å². The second kappa shape index (κ2) is 8.94. The van der Waals surface area contributed by atoms with Crippen LogP contribution in [-0.4, -0.2) is 22.6 Å². The Bertz CT molecular complexity index is 843. The first kappa shape index (κ1) is 17.9. The highest BCUT2D eigenvalue weighted by Gasteiger charge is 2.10. The van der Waals surface area contributed by atoms with Gasteiger partial charge in [0.1, 0.15) is 0 Å². The van der Waals surface area contributed by atoms with Crippen molar-refractivity contribution < 1.29 is 9.21 Å². The fourth-order valence-electron chi connectivity index (χ4n) is 2.72. The lowest BCUT2D eigenvalue weighted by molar-refractivity contribution is -0.121. The van der Waals surface area contributed by atoms with Crippen LogP contribution in [0.15, 0.2) is 59.0 Å². The van der Waals surface area contributed by atoms with Crippen LogP contribution in [0.4, 0.5) is 0 Å². The molecule has 1 aromatic heterocycles. The van der Waals surface area contributed by atoms with Gasteiger partial charge in [0.25, 0.3) is 0 Å². The van der Waals surface area contributed by atoms with E-state index in [4.69, 9.17) is 4.42 Å². The molecular weight excluding hydrogens is 326 g/mol. The molecule has 5 nitrogen and oxygen atoms in total. The molecule has 0 aliphatic carbocycles. The van der Waals surface area contributed by atoms with Gasteiger partial charge in [0, 0.05) is 24.9 Å². The molecule has 0 unspecified atom stereocenters. The van der Waals surface area contributed by atoms with Gasteiger partial charge in [-0.15, -0.1) is 10.2 Å². The third kappa shape index (κ3) is 5.28. The predicted octanol–water partition coefficient (Wildman–Crippen LogP) is 3.73. The first-order valence-corrected chi connectivity index (χ1v) is 8.91. The van der Waals surface area contributed by atoms with Crippen molar-refractivity contribution in [3.8, 4) is 11.5 Å². The average molecular weight is 349 g/mol. The second-order valence-corrected chi connectivity index (χ2v) is 6.31. The summed E-state index contributed by atoms with van der Waals surface area (Å²) in [6.07, 6.45) is 2.68. The zero-order valence-corrected chi connectivity index (χ0v) is 14.9. The maximum atomic E-state index is 11.9. The summed E-state index contributed by atoms with van der Waals surface area (Å²) in [6, 6.07) is 18.2. The molecule has 0 aliphatic heterocycles. The molecule has 2 aromatic carbocycles. The smallest absolute Gasteiger partial charge is 0.247 e. The van der Waals surface area contributed by atoms with Crippen LogP contribution in [0.25, 0.3) is 11.5 Å². The average Bonchev–Trinajstić information content (AvgIpc) is 3.14. The Hall–Kier alpha value is -2.95. The van der Waals surface area contributed by atoms with E-state index in [0.717, 1.165) is 24.0 Å². The summed E-state index contributed by atoms with van der Waals surface area (Å²) in [4.78, 5) is 11.9. The molecule has 0 aliphatic rings. The van der Waals surface area contributed by atoms with E-state index in [2.05, 4.69) is 27.6 Å². The van der Waals surface area contributed by atoms with E-state index in [9.17, 15) is 4.79 Å². The molecule has 0 bridgehead atoms. The molecule has 0 saturated carbocycles. The van der Waals surface area contributed by atoms with Crippen LogP contribution >= 0.6 is 0 Å². The van der Waals surface area contributed by atoms with Crippen molar-refractivity contribution in [1.29, 1.82) is 0 Å². The van der Waals surface area contributed by atoms with Crippen LogP contribution in [-0.2, 0) is 17.6 Å². The molecule has 3 rings (SSSR count). The third-order valence-electron chi connectivity index (χ3n) is 4.11. The molecule has 1 N–H and O–H groups in total. The van der Waals surface area contributed by atoms with Crippen LogP contribution in [0.1, 0.15) is 29.9 Å². The highest BCUT2D eigenvalue weighted by molar-refractivity contribution is 5.75. The van der Waals surface area contributed by atoms with Gasteiger partial charge in [-0.05, 0) is 37.5 Å². The highest BCUT2D eigenvalue weighted by Crippen LogP contribution is 2.19. The summed E-state index contributed by atoms with van der Waals surface area (Å²) in [6.45, 7) is 2.69. The number of hydrogen-bond acceptors (Lipinski definition) is 4. The van der Waals surface area contributed by atoms with E-state index in [1.54, 1.807) is 0 Å². The molecule has 0 radical (unpaired) electrons. The molecule has 5 heteroatoms. The lowest BCUT2D eigenvalue weighted by atomic mass is 10.1. The van der Waals surface area contributed by atoms with Crippen LogP contribution < -0.4 is 5.32 Å². The third-order valence-corrected chi connectivity index (χ3v) is 4.11. The first-order valence-electron chi connectivity index (χ1n) is 8.91. The number of benzene rings is 2. The Morgan fingerprint density at radius 1 is 1.04 bits per heavy atom. The molecule has 1 heterocycles. The van der Waals surface area contributed by atoms with Gasteiger partial charge in [-0.1, -0.05) is 48.0 Å². The van der Waals surface area contributed by atoms with Gasteiger partial charge in [-0.2, -0.15) is 0 Å². The number of hydrogen-bond donors (Lipinski definition) is 1. The summed E-state index contributed by atoms with van der Waals surface area (Å²) in [7, 11) is 0. The normalized spacial score (nSPS) is 10.7. The number of carbonyl (C=O) groups excluding carboxylic acids is 1. The topological polar surface area (TPSA) is 68.0 Å². The van der Waals surface area contributed by atoms with Gasteiger partial charge < -0.3 is 9.73 Å². The van der Waals surface area contributed by atoms with E-state index in [-0.39, 0.29) is 5.91 Å². The Labute approximate surface area is 153 Å². The highest BCUT2D eigenvalue weighted by atomic mass is 16.4. The van der Waals surface area contributed by atoms with E-state index in [0.29, 0.717) is 31.2 Å². The van der Waals surface area contributed by atoms with Crippen molar-refractivity contribution in [2.45, 2.75) is 32.6 Å². The van der Waals surface area contributed by atoms with Crippen molar-refractivity contribution in [2.75, 3.05) is 6.54 Å². The molecular formula is C21H23N3O2. The molecule has 134 valence electrons. The molecule has 3 aromatic rings. The Morgan fingerprint density at radius 2 is 1.88 bits per heavy atom. The molecule has 0 fully saturated rings. The van der Waals surface area contributed by atoms with Gasteiger partial charge in [0.05, 0.1) is 0 Å². The number of aromatic nitrogens is 2. The van der Waals surface area contributed by atoms with E-state index < -0.39 is 0 Å². The van der Waals surface area contributed by atoms with Crippen LogP contribution in [0.2, 0.25) is 0 Å². The standard InChI is InChI=1S/C21H23N3O2/c1-16-7-5-11-18(15-16)21-24-23-20(26-21)13-12-19(25)22-14-6-10-17-8-3-2-4-9-17/h2-5,7-9,11,15H,6,10,12-14H2,1H3,(H,22,25). The largest absolute Gasteiger partial charge is 0.421 e. The number of rotatable bonds is 8. The molecule has 0 spiro atoms. The lowest BCUT2D eigenvalue weighted by Gasteiger charge is -2.04. The van der Waals surface area contributed by atoms with Crippen molar-refractivity contribution >= 4 is 5.91 Å². The van der Waals surface area contributed by atoms with Crippen LogP contribution in [0.3, 0.4) is 0 Å². The minimum absolute atomic E-state index is 0.00775. The number of amides is 1. The van der Waals surface area contributed by atoms with Gasteiger partial charge in [-0.25, -0.2) is 0 Å². The number of nitrogens with zero attached hydrogens (tertiary/aromatic N) is 2. The predicted molar refractivity (Wildman–Crippen MR) is 101 cm³/mol. The molecule has 0 saturated heterocycles. The van der Waals surface area contributed by atoms with Crippen molar-refractivity contribution in [3.05, 3.63) is 71.6 Å². The van der Waals surface area contributed by atoms with E-state index >= 15 is 0 Å². The van der Waals surface area contributed by atoms with E-state index in [1.165, 1.54) is 5.56 Å². The zero-order valence-electron chi connectivity index (χ0n) is 14.9. The zero-order chi connectivity index (χ0) is 18.2. The summed E-state index contributed by atoms with van der Waals surface area (Å²) in [5, 5.41) is 11.0. The summed E-state index contributed by atoms with van der Waals surface area (Å²) < 4.78 is 5.66. The number of carbonyl (C=O) groups is 1. The van der Waals surface area contributed by atoms with E-state index in [1.807, 2.05) is 49.4 Å². The van der Waals surface area contributed by atoms with Crippen LogP contribution in [0.5, 0.6) is 0 Å². The fourth-order valence-corrected chi connectivity index (χ4v) is 2.72. The monoisotopic (exact) mass is 349 g/mol. The molecule has 26 heavy (non-hydrogen) atoms. The van der Waals surface area contributed by atoms with Gasteiger partial charge in [-0.3, -0.25) is 4.79 Å². The second-order valence-electron chi connectivity index (χ2n) is 6.31. The first-order chi connectivity index (χ1) is 12.7. The summed E-state index contributed by atoms with van der Waals surface area (Å²) >= 11 is 0. The number of aryl methyl sites for hydroxylation is 3. The number of nitrogens with one attached hydrogen (secondary N) is 1. The van der Waals surface area contributed by atoms with Gasteiger partial charge in [0.2, 0.25) is 17.7 Å². The Morgan fingerprint density at radius 3 is 2.69 bits per heavy atom. The lowest BCUT2D eigenvalue weighted by Crippen LogP contribution is -2.25. The minimum Gasteiger partial charge on any atom is -0.421 e. The Kier molecular flexibility index (Phi) is 6.14. The van der Waals surface area contributed by atoms with Crippen molar-refractivity contribution in [2.24, 2.45) is 0 Å². The molecule has 0 atom stereocenters. The summed E-state index contributed by atoms with van der Waals surface area (Å²) in [5.41, 5.74) is 3.32. The SMILES string of the molecule is Cc1cccc(-c2nnc(CCC(=O)NCCCc3ccccc3)o2)c1. The quantitative estimate of drug-likeness (QED) is 0.629. The summed E-state index contributed by atoms with van der Waals surface area (Å²) in [5.74, 6) is 0.987. The maximum absolute atomic E-state index is 11.9. The fraction of sp³-hybridized carbons (Fsp3) is 0.286. The van der Waals surface area contributed by atoms with Gasteiger partial charge in [0.15, 0.2) is 0 Å². The van der Waals surface area contributed by atoms with Crippen molar-refractivity contribution in [3.63, 3.8) is 0 Å². The van der Waals surface area contributed by atoms with Crippen LogP contribution in [0, 0.1) is 6.92 Å².